The average molecular weight is 351 g/mol. The summed E-state index contributed by atoms with van der Waals surface area (Å²) in [6.45, 7) is 10.6. The Balaban J connectivity index is 1.41. The molecule has 1 aliphatic heterocycles. The lowest BCUT2D eigenvalue weighted by Gasteiger charge is -2.09. The predicted molar refractivity (Wildman–Crippen MR) is 113 cm³/mol. The Hall–Kier alpha value is -3.26. The van der Waals surface area contributed by atoms with E-state index in [9.17, 15) is 0 Å². The van der Waals surface area contributed by atoms with E-state index in [-0.39, 0.29) is 0 Å². The summed E-state index contributed by atoms with van der Waals surface area (Å²) in [5.41, 5.74) is 7.54. The van der Waals surface area contributed by atoms with E-state index in [1.165, 1.54) is 11.1 Å². The smallest absolute Gasteiger partial charge is 0.135 e. The number of benzene rings is 2. The van der Waals surface area contributed by atoms with Gasteiger partial charge in [0.05, 0.1) is 6.04 Å². The molecule has 0 fully saturated rings. The minimum absolute atomic E-state index is 0.346. The van der Waals surface area contributed by atoms with Crippen molar-refractivity contribution in [1.82, 2.24) is 5.32 Å². The molecule has 2 heterocycles. The van der Waals surface area contributed by atoms with Crippen LogP contribution in [0.25, 0.3) is 27.5 Å². The molecule has 0 bridgehead atoms. The van der Waals surface area contributed by atoms with Gasteiger partial charge in [0.25, 0.3) is 0 Å². The standard InChI is InChI=1S/C25H21NO/c1-15(8-10-19-14-21-17(3)16(2)12-23(21)26-19)18-9-11-25-22(13-18)20-6-4-5-7-24(20)27-25/h4-14,21,23,26H,1,3H2,2H3/b10-8-. The monoisotopic (exact) mass is 351 g/mol. The Morgan fingerprint density at radius 1 is 1.07 bits per heavy atom. The van der Waals surface area contributed by atoms with Gasteiger partial charge in [-0.25, -0.2) is 0 Å². The molecule has 0 saturated heterocycles. The van der Waals surface area contributed by atoms with Gasteiger partial charge >= 0.3 is 0 Å². The quantitative estimate of drug-likeness (QED) is 0.573. The van der Waals surface area contributed by atoms with E-state index in [1.807, 2.05) is 24.3 Å². The Morgan fingerprint density at radius 2 is 1.89 bits per heavy atom. The summed E-state index contributed by atoms with van der Waals surface area (Å²) in [5, 5.41) is 5.82. The molecule has 0 radical (unpaired) electrons. The van der Waals surface area contributed by atoms with Crippen molar-refractivity contribution >= 4 is 27.5 Å². The zero-order valence-electron chi connectivity index (χ0n) is 15.3. The van der Waals surface area contributed by atoms with Gasteiger partial charge in [-0.2, -0.15) is 0 Å². The molecule has 5 rings (SSSR count). The second kappa shape index (κ2) is 5.88. The van der Waals surface area contributed by atoms with E-state index in [4.69, 9.17) is 4.42 Å². The van der Waals surface area contributed by atoms with Gasteiger partial charge in [0, 0.05) is 22.4 Å². The molecule has 2 unspecified atom stereocenters. The van der Waals surface area contributed by atoms with Crippen molar-refractivity contribution in [2.75, 3.05) is 0 Å². The first-order valence-corrected chi connectivity index (χ1v) is 9.25. The molecule has 1 N–H and O–H groups in total. The first kappa shape index (κ1) is 16.0. The Kier molecular flexibility index (Phi) is 3.48. The molecule has 2 aromatic carbocycles. The predicted octanol–water partition coefficient (Wildman–Crippen LogP) is 6.14. The maximum atomic E-state index is 5.91. The van der Waals surface area contributed by atoms with Gasteiger partial charge in [0.2, 0.25) is 0 Å². The highest BCUT2D eigenvalue weighted by Gasteiger charge is 2.31. The normalized spacial score (nSPS) is 21.6. The fraction of sp³-hybridized carbons (Fsp3) is 0.120. The zero-order chi connectivity index (χ0) is 18.5. The maximum absolute atomic E-state index is 5.91. The largest absolute Gasteiger partial charge is 0.456 e. The molecule has 2 heteroatoms. The fourth-order valence-corrected chi connectivity index (χ4v) is 4.05. The summed E-state index contributed by atoms with van der Waals surface area (Å²) in [4.78, 5) is 0. The highest BCUT2D eigenvalue weighted by Crippen LogP contribution is 2.36. The third-order valence-corrected chi connectivity index (χ3v) is 5.63. The van der Waals surface area contributed by atoms with E-state index in [2.05, 4.69) is 67.9 Å². The van der Waals surface area contributed by atoms with Crippen molar-refractivity contribution in [3.63, 3.8) is 0 Å². The van der Waals surface area contributed by atoms with Crippen LogP contribution in [-0.2, 0) is 0 Å². The third kappa shape index (κ3) is 2.57. The summed E-state index contributed by atoms with van der Waals surface area (Å²) >= 11 is 0. The van der Waals surface area contributed by atoms with Gasteiger partial charge in [0.15, 0.2) is 0 Å². The number of fused-ring (bicyclic) bond motifs is 4. The molecule has 27 heavy (non-hydrogen) atoms. The second-order valence-electron chi connectivity index (χ2n) is 7.36. The SMILES string of the molecule is C=C(/C=C\C1=CC2C(=C)C(C)=CC2N1)c1ccc2oc3ccccc3c2c1. The number of nitrogens with one attached hydrogen (secondary N) is 1. The van der Waals surface area contributed by atoms with Crippen molar-refractivity contribution in [1.29, 1.82) is 0 Å². The molecule has 2 nitrogen and oxygen atoms in total. The Bertz CT molecular complexity index is 1200. The minimum Gasteiger partial charge on any atom is -0.456 e. The van der Waals surface area contributed by atoms with E-state index >= 15 is 0 Å². The lowest BCUT2D eigenvalue weighted by Crippen LogP contribution is -2.23. The number of allylic oxidation sites excluding steroid dienone is 4. The summed E-state index contributed by atoms with van der Waals surface area (Å²) in [6.07, 6.45) is 8.70. The zero-order valence-corrected chi connectivity index (χ0v) is 15.3. The molecule has 132 valence electrons. The van der Waals surface area contributed by atoms with Crippen LogP contribution < -0.4 is 5.32 Å². The summed E-state index contributed by atoms with van der Waals surface area (Å²) in [5.74, 6) is 0.381. The Labute approximate surface area is 158 Å². The number of hydrogen-bond donors (Lipinski definition) is 1. The van der Waals surface area contributed by atoms with Crippen molar-refractivity contribution in [2.45, 2.75) is 13.0 Å². The van der Waals surface area contributed by atoms with Gasteiger partial charge in [-0.3, -0.25) is 0 Å². The summed E-state index contributed by atoms with van der Waals surface area (Å²) in [7, 11) is 0. The first-order chi connectivity index (χ1) is 13.1. The Morgan fingerprint density at radius 3 is 2.74 bits per heavy atom. The average Bonchev–Trinajstić information content (AvgIpc) is 3.32. The van der Waals surface area contributed by atoms with Crippen molar-refractivity contribution < 1.29 is 4.42 Å². The van der Waals surface area contributed by atoms with Crippen LogP contribution in [0.5, 0.6) is 0 Å². The van der Waals surface area contributed by atoms with E-state index < -0.39 is 0 Å². The number of hydrogen-bond acceptors (Lipinski definition) is 2. The van der Waals surface area contributed by atoms with E-state index in [0.717, 1.165) is 38.8 Å². The molecule has 0 saturated carbocycles. The van der Waals surface area contributed by atoms with Crippen molar-refractivity contribution in [3.8, 4) is 0 Å². The molecule has 1 aliphatic carbocycles. The third-order valence-electron chi connectivity index (χ3n) is 5.63. The summed E-state index contributed by atoms with van der Waals surface area (Å²) in [6, 6.07) is 14.7. The number of para-hydroxylation sites is 1. The molecule has 0 spiro atoms. The molecule has 0 amide bonds. The van der Waals surface area contributed by atoms with Gasteiger partial charge in [-0.05, 0) is 53.5 Å². The highest BCUT2D eigenvalue weighted by atomic mass is 16.3. The molecule has 2 atom stereocenters. The topological polar surface area (TPSA) is 25.2 Å². The lowest BCUT2D eigenvalue weighted by molar-refractivity contribution is 0.657. The van der Waals surface area contributed by atoms with E-state index in [0.29, 0.717) is 12.0 Å². The molecular formula is C25H21NO. The van der Waals surface area contributed by atoms with Crippen molar-refractivity contribution in [3.05, 3.63) is 102 Å². The number of furan rings is 1. The molecule has 3 aromatic rings. The van der Waals surface area contributed by atoms with Crippen LogP contribution in [0.2, 0.25) is 0 Å². The highest BCUT2D eigenvalue weighted by molar-refractivity contribution is 6.05. The van der Waals surface area contributed by atoms with Crippen LogP contribution in [-0.4, -0.2) is 6.04 Å². The van der Waals surface area contributed by atoms with Gasteiger partial charge in [-0.15, -0.1) is 0 Å². The fourth-order valence-electron chi connectivity index (χ4n) is 4.05. The van der Waals surface area contributed by atoms with Gasteiger partial charge < -0.3 is 9.73 Å². The summed E-state index contributed by atoms with van der Waals surface area (Å²) < 4.78 is 5.91. The maximum Gasteiger partial charge on any atom is 0.135 e. The van der Waals surface area contributed by atoms with Crippen LogP contribution >= 0.6 is 0 Å². The van der Waals surface area contributed by atoms with Crippen LogP contribution in [0.1, 0.15) is 12.5 Å². The lowest BCUT2D eigenvalue weighted by atomic mass is 9.99. The first-order valence-electron chi connectivity index (χ1n) is 9.25. The van der Waals surface area contributed by atoms with Crippen LogP contribution in [0.15, 0.2) is 101 Å². The van der Waals surface area contributed by atoms with Gasteiger partial charge in [0.1, 0.15) is 11.2 Å². The van der Waals surface area contributed by atoms with Crippen LogP contribution in [0.4, 0.5) is 0 Å². The molecular weight excluding hydrogens is 330 g/mol. The van der Waals surface area contributed by atoms with Crippen LogP contribution in [0, 0.1) is 5.92 Å². The van der Waals surface area contributed by atoms with E-state index in [1.54, 1.807) is 0 Å². The van der Waals surface area contributed by atoms with Crippen molar-refractivity contribution in [2.24, 2.45) is 5.92 Å². The second-order valence-corrected chi connectivity index (χ2v) is 7.36. The molecule has 1 aromatic heterocycles. The molecule has 2 aliphatic rings. The minimum atomic E-state index is 0.346. The van der Waals surface area contributed by atoms with Gasteiger partial charge in [-0.1, -0.05) is 55.7 Å². The van der Waals surface area contributed by atoms with Crippen LogP contribution in [0.3, 0.4) is 0 Å². The number of rotatable bonds is 3.